The molecule has 0 saturated heterocycles. The first-order valence-electron chi connectivity index (χ1n) is 5.43. The Bertz CT molecular complexity index is 412. The van der Waals surface area contributed by atoms with E-state index in [0.29, 0.717) is 28.9 Å². The molecular formula is C12H15Cl2NO3. The standard InChI is InChI=1S/C12H15Cl2NO3/c1-8(12(16)15-6-7-17-2)18-10-5-3-4-9(13)11(10)14/h3-5,8H,6-7H2,1-2H3,(H,15,16). The van der Waals surface area contributed by atoms with E-state index in [1.54, 1.807) is 32.2 Å². The fraction of sp³-hybridized carbons (Fsp3) is 0.417. The molecule has 1 aromatic carbocycles. The molecule has 6 heteroatoms. The second-order valence-corrected chi connectivity index (χ2v) is 4.38. The van der Waals surface area contributed by atoms with Crippen LogP contribution < -0.4 is 10.1 Å². The van der Waals surface area contributed by atoms with Gasteiger partial charge in [0.1, 0.15) is 10.8 Å². The first-order valence-corrected chi connectivity index (χ1v) is 6.19. The third-order valence-corrected chi connectivity index (χ3v) is 3.00. The van der Waals surface area contributed by atoms with Crippen molar-refractivity contribution < 1.29 is 14.3 Å². The zero-order chi connectivity index (χ0) is 13.5. The number of hydrogen-bond acceptors (Lipinski definition) is 3. The molecule has 1 aromatic rings. The van der Waals surface area contributed by atoms with E-state index in [4.69, 9.17) is 32.7 Å². The van der Waals surface area contributed by atoms with Crippen LogP contribution in [0.2, 0.25) is 10.0 Å². The summed E-state index contributed by atoms with van der Waals surface area (Å²) in [5, 5.41) is 3.36. The first kappa shape index (κ1) is 15.1. The lowest BCUT2D eigenvalue weighted by Crippen LogP contribution is -2.37. The van der Waals surface area contributed by atoms with E-state index in [-0.39, 0.29) is 5.91 Å². The second-order valence-electron chi connectivity index (χ2n) is 3.60. The van der Waals surface area contributed by atoms with Crippen LogP contribution in [0.4, 0.5) is 0 Å². The Morgan fingerprint density at radius 3 is 2.83 bits per heavy atom. The lowest BCUT2D eigenvalue weighted by molar-refractivity contribution is -0.127. The van der Waals surface area contributed by atoms with Crippen molar-refractivity contribution in [2.75, 3.05) is 20.3 Å². The van der Waals surface area contributed by atoms with Crippen LogP contribution in [0.1, 0.15) is 6.92 Å². The molecule has 1 unspecified atom stereocenters. The molecule has 0 saturated carbocycles. The van der Waals surface area contributed by atoms with Crippen molar-refractivity contribution in [2.45, 2.75) is 13.0 Å². The molecule has 0 heterocycles. The van der Waals surface area contributed by atoms with Gasteiger partial charge in [-0.1, -0.05) is 29.3 Å². The largest absolute Gasteiger partial charge is 0.479 e. The van der Waals surface area contributed by atoms with Gasteiger partial charge in [0.15, 0.2) is 6.10 Å². The molecule has 4 nitrogen and oxygen atoms in total. The molecule has 1 N–H and O–H groups in total. The molecule has 18 heavy (non-hydrogen) atoms. The van der Waals surface area contributed by atoms with Gasteiger partial charge < -0.3 is 14.8 Å². The van der Waals surface area contributed by atoms with Crippen molar-refractivity contribution >= 4 is 29.1 Å². The highest BCUT2D eigenvalue weighted by Gasteiger charge is 2.16. The van der Waals surface area contributed by atoms with Gasteiger partial charge in [-0.15, -0.1) is 0 Å². The lowest BCUT2D eigenvalue weighted by atomic mass is 10.3. The summed E-state index contributed by atoms with van der Waals surface area (Å²) in [5.41, 5.74) is 0. The van der Waals surface area contributed by atoms with Gasteiger partial charge in [0.05, 0.1) is 11.6 Å². The monoisotopic (exact) mass is 291 g/mol. The minimum atomic E-state index is -0.655. The van der Waals surface area contributed by atoms with Crippen LogP contribution in [0.25, 0.3) is 0 Å². The van der Waals surface area contributed by atoms with Crippen molar-refractivity contribution in [3.05, 3.63) is 28.2 Å². The summed E-state index contributed by atoms with van der Waals surface area (Å²) in [4.78, 5) is 11.7. The maximum Gasteiger partial charge on any atom is 0.260 e. The van der Waals surface area contributed by atoms with E-state index in [0.717, 1.165) is 0 Å². The minimum absolute atomic E-state index is 0.233. The summed E-state index contributed by atoms with van der Waals surface area (Å²) >= 11 is 11.8. The average Bonchev–Trinajstić information content (AvgIpc) is 2.35. The average molecular weight is 292 g/mol. The Balaban J connectivity index is 2.56. The number of carbonyl (C=O) groups excluding carboxylic acids is 1. The van der Waals surface area contributed by atoms with E-state index in [9.17, 15) is 4.79 Å². The zero-order valence-corrected chi connectivity index (χ0v) is 11.7. The predicted molar refractivity (Wildman–Crippen MR) is 71.4 cm³/mol. The van der Waals surface area contributed by atoms with Crippen LogP contribution in [0.5, 0.6) is 5.75 Å². The summed E-state index contributed by atoms with van der Waals surface area (Å²) in [6.45, 7) is 2.53. The molecule has 1 rings (SSSR count). The number of nitrogens with one attached hydrogen (secondary N) is 1. The normalized spacial score (nSPS) is 12.0. The van der Waals surface area contributed by atoms with E-state index in [1.165, 1.54) is 0 Å². The molecule has 0 aliphatic heterocycles. The van der Waals surface area contributed by atoms with Gasteiger partial charge in [0.25, 0.3) is 5.91 Å². The minimum Gasteiger partial charge on any atom is -0.479 e. The number of ether oxygens (including phenoxy) is 2. The number of hydrogen-bond donors (Lipinski definition) is 1. The smallest absolute Gasteiger partial charge is 0.260 e. The molecule has 0 radical (unpaired) electrons. The summed E-state index contributed by atoms with van der Waals surface area (Å²) in [6.07, 6.45) is -0.655. The highest BCUT2D eigenvalue weighted by molar-refractivity contribution is 6.42. The van der Waals surface area contributed by atoms with Crippen LogP contribution in [0.15, 0.2) is 18.2 Å². The molecule has 0 aliphatic rings. The first-order chi connectivity index (χ1) is 8.56. The van der Waals surface area contributed by atoms with E-state index >= 15 is 0 Å². The third kappa shape index (κ3) is 4.37. The molecule has 100 valence electrons. The molecule has 0 aromatic heterocycles. The highest BCUT2D eigenvalue weighted by atomic mass is 35.5. The Kier molecular flexibility index (Phi) is 6.25. The van der Waals surface area contributed by atoms with Gasteiger partial charge in [0, 0.05) is 13.7 Å². The fourth-order valence-corrected chi connectivity index (χ4v) is 1.58. The number of benzene rings is 1. The van der Waals surface area contributed by atoms with Crippen LogP contribution in [-0.2, 0) is 9.53 Å². The SMILES string of the molecule is COCCNC(=O)C(C)Oc1cccc(Cl)c1Cl. The quantitative estimate of drug-likeness (QED) is 0.820. The zero-order valence-electron chi connectivity index (χ0n) is 10.2. The Morgan fingerprint density at radius 1 is 1.44 bits per heavy atom. The highest BCUT2D eigenvalue weighted by Crippen LogP contribution is 2.31. The molecule has 1 amide bonds. The number of halogens is 2. The number of methoxy groups -OCH3 is 1. The fourth-order valence-electron chi connectivity index (χ4n) is 1.24. The Morgan fingerprint density at radius 2 is 2.17 bits per heavy atom. The van der Waals surface area contributed by atoms with Crippen LogP contribution >= 0.6 is 23.2 Å². The molecule has 0 spiro atoms. The maximum atomic E-state index is 11.7. The molecule has 1 atom stereocenters. The second kappa shape index (κ2) is 7.46. The van der Waals surface area contributed by atoms with Gasteiger partial charge in [-0.2, -0.15) is 0 Å². The van der Waals surface area contributed by atoms with Gasteiger partial charge in [-0.3, -0.25) is 4.79 Å². The van der Waals surface area contributed by atoms with E-state index in [1.807, 2.05) is 0 Å². The van der Waals surface area contributed by atoms with E-state index in [2.05, 4.69) is 5.32 Å². The van der Waals surface area contributed by atoms with Crippen molar-refractivity contribution in [1.29, 1.82) is 0 Å². The predicted octanol–water partition coefficient (Wildman–Crippen LogP) is 2.52. The molecule has 0 fully saturated rings. The van der Waals surface area contributed by atoms with Gasteiger partial charge in [-0.25, -0.2) is 0 Å². The molecule has 0 aliphatic carbocycles. The summed E-state index contributed by atoms with van der Waals surface area (Å²) in [5.74, 6) is 0.154. The van der Waals surface area contributed by atoms with Crippen LogP contribution in [0.3, 0.4) is 0 Å². The Labute approximate surface area is 116 Å². The van der Waals surface area contributed by atoms with Crippen molar-refractivity contribution in [2.24, 2.45) is 0 Å². The van der Waals surface area contributed by atoms with E-state index < -0.39 is 6.10 Å². The summed E-state index contributed by atoms with van der Waals surface area (Å²) in [6, 6.07) is 5.02. The van der Waals surface area contributed by atoms with Crippen molar-refractivity contribution in [3.8, 4) is 5.75 Å². The van der Waals surface area contributed by atoms with Crippen molar-refractivity contribution in [3.63, 3.8) is 0 Å². The van der Waals surface area contributed by atoms with Gasteiger partial charge in [-0.05, 0) is 19.1 Å². The number of amides is 1. The van der Waals surface area contributed by atoms with Gasteiger partial charge in [0.2, 0.25) is 0 Å². The maximum absolute atomic E-state index is 11.7. The molecular weight excluding hydrogens is 277 g/mol. The van der Waals surface area contributed by atoms with Crippen LogP contribution in [0, 0.1) is 0 Å². The topological polar surface area (TPSA) is 47.6 Å². The number of rotatable bonds is 6. The van der Waals surface area contributed by atoms with Gasteiger partial charge >= 0.3 is 0 Å². The molecule has 0 bridgehead atoms. The third-order valence-electron chi connectivity index (χ3n) is 2.19. The number of carbonyl (C=O) groups is 1. The lowest BCUT2D eigenvalue weighted by Gasteiger charge is -2.15. The summed E-state index contributed by atoms with van der Waals surface area (Å²) < 4.78 is 10.3. The van der Waals surface area contributed by atoms with Crippen molar-refractivity contribution in [1.82, 2.24) is 5.32 Å². The summed E-state index contributed by atoms with van der Waals surface area (Å²) in [7, 11) is 1.57. The Hall–Kier alpha value is -0.970. The van der Waals surface area contributed by atoms with Crippen LogP contribution in [-0.4, -0.2) is 32.3 Å².